The van der Waals surface area contributed by atoms with Gasteiger partial charge in [0, 0.05) is 25.3 Å². The molecule has 0 bridgehead atoms. The molecule has 0 aromatic heterocycles. The fraction of sp³-hybridized carbons (Fsp3) is 0.143. The molecular weight excluding hydrogens is 182 g/mol. The van der Waals surface area contributed by atoms with Crippen LogP contribution in [0.4, 0.5) is 5.69 Å². The summed E-state index contributed by atoms with van der Waals surface area (Å²) in [5.74, 6) is 0. The standard InChI is InChI=1S/C14H15N/c1-15(2)14-11-7-6-10-13(14)12-8-4-3-5-9-12/h3-11H,1-2H3. The second-order valence-corrected chi connectivity index (χ2v) is 3.78. The first-order chi connectivity index (χ1) is 7.29. The van der Waals surface area contributed by atoms with Crippen LogP contribution in [0, 0.1) is 0 Å². The molecule has 0 N–H and O–H groups in total. The van der Waals surface area contributed by atoms with Crippen LogP contribution in [0.15, 0.2) is 54.6 Å². The van der Waals surface area contributed by atoms with E-state index >= 15 is 0 Å². The van der Waals surface area contributed by atoms with Gasteiger partial charge in [0.2, 0.25) is 0 Å². The van der Waals surface area contributed by atoms with Crippen LogP contribution in [0.2, 0.25) is 0 Å². The number of para-hydroxylation sites is 1. The number of nitrogens with zero attached hydrogens (tertiary/aromatic N) is 1. The molecule has 0 unspecified atom stereocenters. The Labute approximate surface area is 91.0 Å². The first-order valence-corrected chi connectivity index (χ1v) is 5.11. The summed E-state index contributed by atoms with van der Waals surface area (Å²) in [6.45, 7) is 0. The zero-order valence-electron chi connectivity index (χ0n) is 9.14. The summed E-state index contributed by atoms with van der Waals surface area (Å²) < 4.78 is 0. The summed E-state index contributed by atoms with van der Waals surface area (Å²) in [6.07, 6.45) is 0. The van der Waals surface area contributed by atoms with Crippen LogP contribution in [0.5, 0.6) is 0 Å². The van der Waals surface area contributed by atoms with E-state index in [1.807, 2.05) is 6.07 Å². The van der Waals surface area contributed by atoms with Crippen molar-refractivity contribution in [3.05, 3.63) is 54.6 Å². The van der Waals surface area contributed by atoms with Crippen molar-refractivity contribution in [2.75, 3.05) is 19.0 Å². The molecule has 0 heterocycles. The lowest BCUT2D eigenvalue weighted by molar-refractivity contribution is 1.13. The SMILES string of the molecule is CN(C)c1ccccc1-c1ccccc1. The minimum atomic E-state index is 1.25. The van der Waals surface area contributed by atoms with Crippen molar-refractivity contribution in [3.8, 4) is 11.1 Å². The quantitative estimate of drug-likeness (QED) is 0.713. The van der Waals surface area contributed by atoms with Gasteiger partial charge in [0.05, 0.1) is 0 Å². The highest BCUT2D eigenvalue weighted by molar-refractivity contribution is 5.78. The Kier molecular flexibility index (Phi) is 2.72. The highest BCUT2D eigenvalue weighted by Gasteiger charge is 2.04. The molecule has 0 fully saturated rings. The van der Waals surface area contributed by atoms with E-state index in [9.17, 15) is 0 Å². The summed E-state index contributed by atoms with van der Waals surface area (Å²) in [4.78, 5) is 2.14. The van der Waals surface area contributed by atoms with E-state index in [1.54, 1.807) is 0 Å². The van der Waals surface area contributed by atoms with Crippen LogP contribution >= 0.6 is 0 Å². The van der Waals surface area contributed by atoms with Crippen LogP contribution in [-0.4, -0.2) is 14.1 Å². The van der Waals surface area contributed by atoms with Gasteiger partial charge >= 0.3 is 0 Å². The van der Waals surface area contributed by atoms with Gasteiger partial charge in [-0.3, -0.25) is 0 Å². The third-order valence-electron chi connectivity index (χ3n) is 2.47. The molecule has 1 nitrogen and oxygen atoms in total. The Hall–Kier alpha value is -1.76. The molecule has 2 rings (SSSR count). The lowest BCUT2D eigenvalue weighted by Gasteiger charge is -2.17. The average molecular weight is 197 g/mol. The van der Waals surface area contributed by atoms with E-state index in [-0.39, 0.29) is 0 Å². The topological polar surface area (TPSA) is 3.24 Å². The Morgan fingerprint density at radius 1 is 0.733 bits per heavy atom. The largest absolute Gasteiger partial charge is 0.377 e. The molecule has 0 amide bonds. The zero-order chi connectivity index (χ0) is 10.7. The van der Waals surface area contributed by atoms with Gasteiger partial charge in [0.1, 0.15) is 0 Å². The van der Waals surface area contributed by atoms with Crippen molar-refractivity contribution in [2.24, 2.45) is 0 Å². The highest BCUT2D eigenvalue weighted by atomic mass is 15.1. The lowest BCUT2D eigenvalue weighted by Crippen LogP contribution is -2.09. The van der Waals surface area contributed by atoms with E-state index in [0.717, 1.165) is 0 Å². The van der Waals surface area contributed by atoms with Crippen molar-refractivity contribution in [2.45, 2.75) is 0 Å². The molecule has 2 aromatic carbocycles. The molecule has 0 aliphatic carbocycles. The molecule has 0 spiro atoms. The summed E-state index contributed by atoms with van der Waals surface area (Å²) in [5.41, 5.74) is 3.80. The molecule has 0 saturated carbocycles. The van der Waals surface area contributed by atoms with E-state index < -0.39 is 0 Å². The van der Waals surface area contributed by atoms with Crippen LogP contribution in [0.25, 0.3) is 11.1 Å². The van der Waals surface area contributed by atoms with E-state index in [1.165, 1.54) is 16.8 Å². The maximum Gasteiger partial charge on any atom is 0.0440 e. The fourth-order valence-electron chi connectivity index (χ4n) is 1.73. The Balaban J connectivity index is 2.53. The third-order valence-corrected chi connectivity index (χ3v) is 2.47. The second kappa shape index (κ2) is 4.18. The van der Waals surface area contributed by atoms with Gasteiger partial charge in [0.15, 0.2) is 0 Å². The van der Waals surface area contributed by atoms with Crippen LogP contribution in [0.1, 0.15) is 0 Å². The van der Waals surface area contributed by atoms with E-state index in [4.69, 9.17) is 0 Å². The minimum absolute atomic E-state index is 1.25. The van der Waals surface area contributed by atoms with Gasteiger partial charge in [-0.25, -0.2) is 0 Å². The van der Waals surface area contributed by atoms with Gasteiger partial charge in [-0.15, -0.1) is 0 Å². The van der Waals surface area contributed by atoms with Crippen molar-refractivity contribution in [3.63, 3.8) is 0 Å². The molecule has 0 aliphatic rings. The van der Waals surface area contributed by atoms with Gasteiger partial charge < -0.3 is 4.90 Å². The first-order valence-electron chi connectivity index (χ1n) is 5.11. The lowest BCUT2D eigenvalue weighted by atomic mass is 10.0. The van der Waals surface area contributed by atoms with E-state index in [0.29, 0.717) is 0 Å². The summed E-state index contributed by atoms with van der Waals surface area (Å²) in [7, 11) is 4.14. The van der Waals surface area contributed by atoms with Crippen molar-refractivity contribution in [1.82, 2.24) is 0 Å². The Bertz CT molecular complexity index is 432. The molecule has 0 radical (unpaired) electrons. The number of hydrogen-bond donors (Lipinski definition) is 0. The molecular formula is C14H15N. The average Bonchev–Trinajstić information content (AvgIpc) is 2.30. The monoisotopic (exact) mass is 197 g/mol. The molecule has 0 atom stereocenters. The third kappa shape index (κ3) is 2.01. The zero-order valence-corrected chi connectivity index (χ0v) is 9.14. The summed E-state index contributed by atoms with van der Waals surface area (Å²) in [5, 5.41) is 0. The van der Waals surface area contributed by atoms with Gasteiger partial charge in [-0.05, 0) is 11.6 Å². The normalized spacial score (nSPS) is 10.0. The van der Waals surface area contributed by atoms with Gasteiger partial charge in [-0.2, -0.15) is 0 Å². The molecule has 76 valence electrons. The first kappa shape index (κ1) is 9.78. The highest BCUT2D eigenvalue weighted by Crippen LogP contribution is 2.28. The summed E-state index contributed by atoms with van der Waals surface area (Å²) in [6, 6.07) is 18.9. The second-order valence-electron chi connectivity index (χ2n) is 3.78. The Morgan fingerprint density at radius 2 is 1.33 bits per heavy atom. The Morgan fingerprint density at radius 3 is 2.00 bits per heavy atom. The van der Waals surface area contributed by atoms with E-state index in [2.05, 4.69) is 67.5 Å². The molecule has 0 saturated heterocycles. The minimum Gasteiger partial charge on any atom is -0.377 e. The van der Waals surface area contributed by atoms with Crippen LogP contribution in [0.3, 0.4) is 0 Å². The predicted molar refractivity (Wildman–Crippen MR) is 66.2 cm³/mol. The maximum absolute atomic E-state index is 2.16. The van der Waals surface area contributed by atoms with Crippen LogP contribution in [-0.2, 0) is 0 Å². The van der Waals surface area contributed by atoms with Crippen molar-refractivity contribution >= 4 is 5.69 Å². The smallest absolute Gasteiger partial charge is 0.0440 e. The number of anilines is 1. The molecule has 15 heavy (non-hydrogen) atoms. The van der Waals surface area contributed by atoms with Crippen molar-refractivity contribution in [1.29, 1.82) is 0 Å². The predicted octanol–water partition coefficient (Wildman–Crippen LogP) is 3.42. The van der Waals surface area contributed by atoms with Gasteiger partial charge in [0.25, 0.3) is 0 Å². The summed E-state index contributed by atoms with van der Waals surface area (Å²) >= 11 is 0. The van der Waals surface area contributed by atoms with Crippen LogP contribution < -0.4 is 4.90 Å². The number of benzene rings is 2. The molecule has 2 aromatic rings. The number of rotatable bonds is 2. The molecule has 0 aliphatic heterocycles. The van der Waals surface area contributed by atoms with Crippen molar-refractivity contribution < 1.29 is 0 Å². The molecule has 1 heteroatoms. The number of hydrogen-bond acceptors (Lipinski definition) is 1. The van der Waals surface area contributed by atoms with Gasteiger partial charge in [-0.1, -0.05) is 48.5 Å². The fourth-order valence-corrected chi connectivity index (χ4v) is 1.73. The maximum atomic E-state index is 2.16.